The lowest BCUT2D eigenvalue weighted by molar-refractivity contribution is -0.124. The number of carbonyl (C=O) groups excluding carboxylic acids is 1. The van der Waals surface area contributed by atoms with Gasteiger partial charge >= 0.3 is 0 Å². The van der Waals surface area contributed by atoms with Gasteiger partial charge in [0.15, 0.2) is 12.3 Å². The van der Waals surface area contributed by atoms with Crippen molar-refractivity contribution in [2.24, 2.45) is 0 Å². The number of rotatable bonds is 0. The van der Waals surface area contributed by atoms with Gasteiger partial charge < -0.3 is 10.1 Å². The third kappa shape index (κ3) is 0.112. The predicted molar refractivity (Wildman–Crippen MR) is 16.8 cm³/mol. The van der Waals surface area contributed by atoms with E-state index in [0.717, 1.165) is 0 Å². The molecule has 6 heavy (non-hydrogen) atoms. The van der Waals surface area contributed by atoms with Gasteiger partial charge in [-0.3, -0.25) is 4.79 Å². The number of hydrogen-bond acceptors (Lipinski definition) is 2. The molecule has 2 atom stereocenters. The molecule has 1 N–H and O–H groups in total. The van der Waals surface area contributed by atoms with Crippen molar-refractivity contribution in [3.05, 3.63) is 0 Å². The van der Waals surface area contributed by atoms with Gasteiger partial charge in [-0.2, -0.15) is 0 Å². The first kappa shape index (κ1) is 2.58. The number of hydrogen-bond donors (Lipinski definition) is 1. The number of ether oxygens (including phenoxy) is 1. The molecular formula is C3H3NO2. The first-order chi connectivity index (χ1) is 2.88. The van der Waals surface area contributed by atoms with Gasteiger partial charge in [-0.05, 0) is 0 Å². The summed E-state index contributed by atoms with van der Waals surface area (Å²) in [6.45, 7) is 0. The zero-order valence-corrected chi connectivity index (χ0v) is 2.97. The fourth-order valence-corrected chi connectivity index (χ4v) is 0.548. The summed E-state index contributed by atoms with van der Waals surface area (Å²) in [4.78, 5) is 10.0. The van der Waals surface area contributed by atoms with Gasteiger partial charge in [-0.1, -0.05) is 0 Å². The molecule has 0 aromatic carbocycles. The molecule has 32 valence electrons. The van der Waals surface area contributed by atoms with Gasteiger partial charge in [-0.25, -0.2) is 0 Å². The van der Waals surface area contributed by atoms with Crippen LogP contribution in [0.3, 0.4) is 0 Å². The molecule has 0 aliphatic carbocycles. The molecule has 1 amide bonds. The van der Waals surface area contributed by atoms with Crippen LogP contribution in [0.2, 0.25) is 0 Å². The van der Waals surface area contributed by atoms with Gasteiger partial charge in [0.2, 0.25) is 0 Å². The number of carbonyl (C=O) groups is 1. The lowest BCUT2D eigenvalue weighted by Gasteiger charge is -2.02. The fourth-order valence-electron chi connectivity index (χ4n) is 0.548. The van der Waals surface area contributed by atoms with E-state index in [1.165, 1.54) is 0 Å². The van der Waals surface area contributed by atoms with Crippen LogP contribution in [0.5, 0.6) is 0 Å². The first-order valence-corrected chi connectivity index (χ1v) is 1.84. The Morgan fingerprint density at radius 1 is 1.83 bits per heavy atom. The summed E-state index contributed by atoms with van der Waals surface area (Å²) in [6.07, 6.45) is 0.0579. The molecule has 2 fully saturated rings. The lowest BCUT2D eigenvalue weighted by Crippen LogP contribution is -2.43. The van der Waals surface area contributed by atoms with Gasteiger partial charge in [0.1, 0.15) is 0 Å². The van der Waals surface area contributed by atoms with Crippen LogP contribution in [0.25, 0.3) is 0 Å². The van der Waals surface area contributed by atoms with Crippen LogP contribution in [0.1, 0.15) is 0 Å². The highest BCUT2D eigenvalue weighted by Crippen LogP contribution is 2.27. The Morgan fingerprint density at radius 3 is 2.67 bits per heavy atom. The number of amides is 1. The quantitative estimate of drug-likeness (QED) is 0.298. The Balaban J connectivity index is 2.26. The van der Waals surface area contributed by atoms with Crippen molar-refractivity contribution in [1.29, 1.82) is 0 Å². The van der Waals surface area contributed by atoms with Crippen LogP contribution in [-0.4, -0.2) is 18.2 Å². The van der Waals surface area contributed by atoms with Gasteiger partial charge in [0, 0.05) is 0 Å². The molecule has 2 aliphatic heterocycles. The van der Waals surface area contributed by atoms with E-state index in [4.69, 9.17) is 0 Å². The molecule has 0 radical (unpaired) electrons. The molecular weight excluding hydrogens is 82.0 g/mol. The molecule has 0 aromatic heterocycles. The average molecular weight is 85.1 g/mol. The first-order valence-electron chi connectivity index (χ1n) is 1.84. The zero-order valence-electron chi connectivity index (χ0n) is 2.97. The van der Waals surface area contributed by atoms with Gasteiger partial charge in [0.05, 0.1) is 0 Å². The molecule has 0 aromatic rings. The van der Waals surface area contributed by atoms with E-state index in [1.807, 2.05) is 0 Å². The van der Waals surface area contributed by atoms with Crippen molar-refractivity contribution in [3.8, 4) is 0 Å². The SMILES string of the molecule is O=C1NC2OC12. The predicted octanol–water partition coefficient (Wildman–Crippen LogP) is -1.16. The highest BCUT2D eigenvalue weighted by Gasteiger charge is 2.56. The molecule has 0 saturated carbocycles. The minimum absolute atomic E-state index is 0.0417. The second kappa shape index (κ2) is 0.479. The monoisotopic (exact) mass is 85.0 g/mol. The summed E-state index contributed by atoms with van der Waals surface area (Å²) in [7, 11) is 0. The summed E-state index contributed by atoms with van der Waals surface area (Å²) in [5.74, 6) is 0.0417. The largest absolute Gasteiger partial charge is 0.337 e. The summed E-state index contributed by atoms with van der Waals surface area (Å²) in [5.41, 5.74) is 0. The lowest BCUT2D eigenvalue weighted by atomic mass is 10.3. The number of epoxide rings is 1. The van der Waals surface area contributed by atoms with Crippen molar-refractivity contribution < 1.29 is 9.53 Å². The summed E-state index contributed by atoms with van der Waals surface area (Å²) < 4.78 is 4.68. The van der Waals surface area contributed by atoms with E-state index in [0.29, 0.717) is 0 Å². The van der Waals surface area contributed by atoms with Crippen LogP contribution < -0.4 is 5.32 Å². The third-order valence-electron chi connectivity index (χ3n) is 1.03. The van der Waals surface area contributed by atoms with E-state index in [1.54, 1.807) is 0 Å². The maximum atomic E-state index is 10.0. The van der Waals surface area contributed by atoms with Crippen LogP contribution in [-0.2, 0) is 9.53 Å². The summed E-state index contributed by atoms with van der Waals surface area (Å²) in [6, 6.07) is 0. The zero-order chi connectivity index (χ0) is 4.15. The van der Waals surface area contributed by atoms with Gasteiger partial charge in [-0.15, -0.1) is 0 Å². The van der Waals surface area contributed by atoms with Crippen LogP contribution in [0, 0.1) is 0 Å². The second-order valence-corrected chi connectivity index (χ2v) is 1.49. The molecule has 2 rings (SSSR count). The number of fused-ring (bicyclic) bond motifs is 1. The maximum absolute atomic E-state index is 10.0. The van der Waals surface area contributed by atoms with Crippen molar-refractivity contribution in [2.75, 3.05) is 0 Å². The summed E-state index contributed by atoms with van der Waals surface area (Å²) >= 11 is 0. The Kier molecular flexibility index (Phi) is 0.206. The Bertz CT molecular complexity index is 111. The summed E-state index contributed by atoms with van der Waals surface area (Å²) in [5, 5.41) is 2.52. The maximum Gasteiger partial charge on any atom is 0.256 e. The minimum atomic E-state index is -0.0509. The molecule has 3 nitrogen and oxygen atoms in total. The molecule has 3 heteroatoms. The average Bonchev–Trinajstić information content (AvgIpc) is 2.12. The molecule has 2 saturated heterocycles. The van der Waals surface area contributed by atoms with Crippen LogP contribution in [0.15, 0.2) is 0 Å². The molecule has 2 heterocycles. The highest BCUT2D eigenvalue weighted by atomic mass is 16.6. The topological polar surface area (TPSA) is 41.6 Å². The normalized spacial score (nSPS) is 49.0. The van der Waals surface area contributed by atoms with Crippen LogP contribution >= 0.6 is 0 Å². The minimum Gasteiger partial charge on any atom is -0.337 e. The fraction of sp³-hybridized carbons (Fsp3) is 0.667. The van der Waals surface area contributed by atoms with E-state index >= 15 is 0 Å². The van der Waals surface area contributed by atoms with Gasteiger partial charge in [0.25, 0.3) is 5.91 Å². The van der Waals surface area contributed by atoms with E-state index in [-0.39, 0.29) is 18.2 Å². The molecule has 2 unspecified atom stereocenters. The highest BCUT2D eigenvalue weighted by molar-refractivity contribution is 5.90. The second-order valence-electron chi connectivity index (χ2n) is 1.49. The Morgan fingerprint density at radius 2 is 2.67 bits per heavy atom. The van der Waals surface area contributed by atoms with Crippen molar-refractivity contribution >= 4 is 5.91 Å². The van der Waals surface area contributed by atoms with Crippen molar-refractivity contribution in [2.45, 2.75) is 12.3 Å². The smallest absolute Gasteiger partial charge is 0.256 e. The van der Waals surface area contributed by atoms with E-state index in [9.17, 15) is 4.79 Å². The standard InChI is InChI=1S/C3H3NO2/c5-2-1-3(4-2)6-1/h1,3H,(H,4,5). The molecule has 0 bridgehead atoms. The third-order valence-corrected chi connectivity index (χ3v) is 1.03. The van der Waals surface area contributed by atoms with Crippen molar-refractivity contribution in [3.63, 3.8) is 0 Å². The Labute approximate surface area is 34.3 Å². The Hall–Kier alpha value is -0.570. The molecule has 0 spiro atoms. The number of β-lactam (4-membered cyclic amide) rings is 1. The van der Waals surface area contributed by atoms with Crippen molar-refractivity contribution in [1.82, 2.24) is 5.32 Å². The van der Waals surface area contributed by atoms with Crippen LogP contribution in [0.4, 0.5) is 0 Å². The van der Waals surface area contributed by atoms with E-state index in [2.05, 4.69) is 10.1 Å². The molecule has 2 aliphatic rings. The number of nitrogens with one attached hydrogen (secondary N) is 1. The van der Waals surface area contributed by atoms with E-state index < -0.39 is 0 Å².